The zero-order valence-corrected chi connectivity index (χ0v) is 13.3. The maximum Gasteiger partial charge on any atom is 0.0366 e. The molecule has 0 aliphatic heterocycles. The molecule has 2 rings (SSSR count). The largest absolute Gasteiger partial charge is 0.371 e. The van der Waals surface area contributed by atoms with Gasteiger partial charge in [0.2, 0.25) is 0 Å². The molecule has 0 heterocycles. The molecule has 0 aromatic heterocycles. The van der Waals surface area contributed by atoms with Crippen LogP contribution in [0.5, 0.6) is 0 Å². The van der Waals surface area contributed by atoms with Crippen LogP contribution in [0, 0.1) is 5.92 Å². The fourth-order valence-electron chi connectivity index (χ4n) is 3.38. The third kappa shape index (κ3) is 3.76. The standard InChI is InChI=1S/C18H30N2/c1-4-16(19)13-15-9-11-17(12-10-15)20(3)18-8-6-5-7-14(18)2/h9-12,14,16,18H,4-8,13,19H2,1-3H3. The van der Waals surface area contributed by atoms with E-state index >= 15 is 0 Å². The molecule has 0 spiro atoms. The number of rotatable bonds is 5. The van der Waals surface area contributed by atoms with Gasteiger partial charge in [-0.2, -0.15) is 0 Å². The molecular formula is C18H30N2. The summed E-state index contributed by atoms with van der Waals surface area (Å²) in [6, 6.07) is 10.0. The van der Waals surface area contributed by atoms with Crippen molar-refractivity contribution in [1.29, 1.82) is 0 Å². The van der Waals surface area contributed by atoms with Crippen LogP contribution >= 0.6 is 0 Å². The first-order valence-electron chi connectivity index (χ1n) is 8.19. The van der Waals surface area contributed by atoms with Crippen LogP contribution in [0.4, 0.5) is 5.69 Å². The normalized spacial score (nSPS) is 24.4. The van der Waals surface area contributed by atoms with Gasteiger partial charge in [0.15, 0.2) is 0 Å². The van der Waals surface area contributed by atoms with E-state index in [0.717, 1.165) is 18.8 Å². The minimum absolute atomic E-state index is 0.289. The fourth-order valence-corrected chi connectivity index (χ4v) is 3.38. The first-order chi connectivity index (χ1) is 9.61. The second-order valence-electron chi connectivity index (χ2n) is 6.48. The van der Waals surface area contributed by atoms with Crippen LogP contribution in [0.15, 0.2) is 24.3 Å². The van der Waals surface area contributed by atoms with E-state index in [9.17, 15) is 0 Å². The van der Waals surface area contributed by atoms with Gasteiger partial charge in [0, 0.05) is 24.8 Å². The topological polar surface area (TPSA) is 29.3 Å². The third-order valence-electron chi connectivity index (χ3n) is 4.93. The second kappa shape index (κ2) is 7.12. The highest BCUT2D eigenvalue weighted by Gasteiger charge is 2.25. The van der Waals surface area contributed by atoms with Gasteiger partial charge in [-0.05, 0) is 49.3 Å². The van der Waals surface area contributed by atoms with Gasteiger partial charge in [-0.1, -0.05) is 38.8 Å². The lowest BCUT2D eigenvalue weighted by Gasteiger charge is -2.37. The highest BCUT2D eigenvalue weighted by atomic mass is 15.1. The molecule has 1 aromatic rings. The molecule has 2 nitrogen and oxygen atoms in total. The van der Waals surface area contributed by atoms with E-state index in [0.29, 0.717) is 6.04 Å². The highest BCUT2D eigenvalue weighted by molar-refractivity contribution is 5.48. The fraction of sp³-hybridized carbons (Fsp3) is 0.667. The molecule has 0 radical (unpaired) electrons. The first-order valence-corrected chi connectivity index (χ1v) is 8.19. The van der Waals surface area contributed by atoms with Gasteiger partial charge < -0.3 is 10.6 Å². The monoisotopic (exact) mass is 274 g/mol. The Kier molecular flexibility index (Phi) is 5.47. The molecule has 1 aromatic carbocycles. The average molecular weight is 274 g/mol. The quantitative estimate of drug-likeness (QED) is 0.880. The predicted molar refractivity (Wildman–Crippen MR) is 88.2 cm³/mol. The van der Waals surface area contributed by atoms with Gasteiger partial charge in [0.05, 0.1) is 0 Å². The summed E-state index contributed by atoms with van der Waals surface area (Å²) in [5.41, 5.74) is 8.73. The Morgan fingerprint density at radius 3 is 2.45 bits per heavy atom. The molecule has 1 aliphatic rings. The molecule has 1 aliphatic carbocycles. The van der Waals surface area contributed by atoms with Crippen molar-refractivity contribution in [2.45, 2.75) is 64.5 Å². The van der Waals surface area contributed by atoms with E-state index < -0.39 is 0 Å². The molecule has 3 unspecified atom stereocenters. The lowest BCUT2D eigenvalue weighted by atomic mass is 9.85. The number of benzene rings is 1. The smallest absolute Gasteiger partial charge is 0.0366 e. The summed E-state index contributed by atoms with van der Waals surface area (Å²) < 4.78 is 0. The van der Waals surface area contributed by atoms with Crippen LogP contribution < -0.4 is 10.6 Å². The molecule has 2 N–H and O–H groups in total. The summed E-state index contributed by atoms with van der Waals surface area (Å²) in [4.78, 5) is 2.48. The van der Waals surface area contributed by atoms with Crippen LogP contribution in [0.1, 0.15) is 51.5 Å². The number of anilines is 1. The van der Waals surface area contributed by atoms with Crippen molar-refractivity contribution in [3.63, 3.8) is 0 Å². The lowest BCUT2D eigenvalue weighted by molar-refractivity contribution is 0.321. The Morgan fingerprint density at radius 2 is 1.85 bits per heavy atom. The second-order valence-corrected chi connectivity index (χ2v) is 6.48. The van der Waals surface area contributed by atoms with Crippen LogP contribution in [-0.4, -0.2) is 19.1 Å². The molecule has 0 amide bonds. The Morgan fingerprint density at radius 1 is 1.20 bits per heavy atom. The van der Waals surface area contributed by atoms with Crippen LogP contribution in [0.25, 0.3) is 0 Å². The highest BCUT2D eigenvalue weighted by Crippen LogP contribution is 2.30. The zero-order chi connectivity index (χ0) is 14.5. The Labute approximate surface area is 124 Å². The minimum Gasteiger partial charge on any atom is -0.371 e. The van der Waals surface area contributed by atoms with Crippen LogP contribution in [0.2, 0.25) is 0 Å². The Bertz CT molecular complexity index is 398. The van der Waals surface area contributed by atoms with Crippen molar-refractivity contribution >= 4 is 5.69 Å². The van der Waals surface area contributed by atoms with E-state index in [4.69, 9.17) is 5.73 Å². The summed E-state index contributed by atoms with van der Waals surface area (Å²) in [7, 11) is 2.25. The Balaban J connectivity index is 2.01. The van der Waals surface area contributed by atoms with Gasteiger partial charge in [0.25, 0.3) is 0 Å². The van der Waals surface area contributed by atoms with Crippen molar-refractivity contribution in [2.75, 3.05) is 11.9 Å². The molecule has 3 atom stereocenters. The van der Waals surface area contributed by atoms with Crippen molar-refractivity contribution in [2.24, 2.45) is 11.7 Å². The number of nitrogens with two attached hydrogens (primary N) is 1. The summed E-state index contributed by atoms with van der Waals surface area (Å²) >= 11 is 0. The van der Waals surface area contributed by atoms with Crippen LogP contribution in [-0.2, 0) is 6.42 Å². The van der Waals surface area contributed by atoms with Gasteiger partial charge in [0.1, 0.15) is 0 Å². The minimum atomic E-state index is 0.289. The molecule has 20 heavy (non-hydrogen) atoms. The average Bonchev–Trinajstić information content (AvgIpc) is 2.47. The summed E-state index contributed by atoms with van der Waals surface area (Å²) in [6.07, 6.45) is 7.52. The lowest BCUT2D eigenvalue weighted by Crippen LogP contribution is -2.38. The summed E-state index contributed by atoms with van der Waals surface area (Å²) in [5, 5.41) is 0. The Hall–Kier alpha value is -1.02. The van der Waals surface area contributed by atoms with E-state index in [1.807, 2.05) is 0 Å². The van der Waals surface area contributed by atoms with Crippen molar-refractivity contribution in [3.8, 4) is 0 Å². The van der Waals surface area contributed by atoms with Crippen LogP contribution in [0.3, 0.4) is 0 Å². The van der Waals surface area contributed by atoms with Gasteiger partial charge in [-0.3, -0.25) is 0 Å². The first kappa shape index (κ1) is 15.4. The van der Waals surface area contributed by atoms with Gasteiger partial charge >= 0.3 is 0 Å². The number of nitrogens with zero attached hydrogens (tertiary/aromatic N) is 1. The predicted octanol–water partition coefficient (Wildman–Crippen LogP) is 3.98. The number of hydrogen-bond donors (Lipinski definition) is 1. The van der Waals surface area contributed by atoms with E-state index in [1.54, 1.807) is 0 Å². The van der Waals surface area contributed by atoms with Crippen molar-refractivity contribution in [1.82, 2.24) is 0 Å². The SMILES string of the molecule is CCC(N)Cc1ccc(N(C)C2CCCCC2C)cc1. The van der Waals surface area contributed by atoms with Gasteiger partial charge in [-0.25, -0.2) is 0 Å². The number of hydrogen-bond acceptors (Lipinski definition) is 2. The van der Waals surface area contributed by atoms with Crippen molar-refractivity contribution < 1.29 is 0 Å². The molecule has 0 bridgehead atoms. The summed E-state index contributed by atoms with van der Waals surface area (Å²) in [6.45, 7) is 4.55. The molecular weight excluding hydrogens is 244 g/mol. The third-order valence-corrected chi connectivity index (χ3v) is 4.93. The molecule has 2 heteroatoms. The maximum atomic E-state index is 6.03. The van der Waals surface area contributed by atoms with E-state index in [2.05, 4.69) is 50.1 Å². The molecule has 0 saturated heterocycles. The molecule has 1 fully saturated rings. The van der Waals surface area contributed by atoms with E-state index in [-0.39, 0.29) is 6.04 Å². The molecule has 1 saturated carbocycles. The molecule has 112 valence electrons. The summed E-state index contributed by atoms with van der Waals surface area (Å²) in [5.74, 6) is 0.807. The van der Waals surface area contributed by atoms with Crippen molar-refractivity contribution in [3.05, 3.63) is 29.8 Å². The maximum absolute atomic E-state index is 6.03. The van der Waals surface area contributed by atoms with E-state index in [1.165, 1.54) is 36.9 Å². The van der Waals surface area contributed by atoms with Gasteiger partial charge in [-0.15, -0.1) is 0 Å². The zero-order valence-electron chi connectivity index (χ0n) is 13.3.